The van der Waals surface area contributed by atoms with Gasteiger partial charge in [0.2, 0.25) is 0 Å². The summed E-state index contributed by atoms with van der Waals surface area (Å²) in [4.78, 5) is 0. The van der Waals surface area contributed by atoms with Crippen LogP contribution in [0.4, 0.5) is 0 Å². The lowest BCUT2D eigenvalue weighted by molar-refractivity contribution is 0.415. The van der Waals surface area contributed by atoms with Gasteiger partial charge in [-0.15, -0.1) is 0 Å². The second-order valence-electron chi connectivity index (χ2n) is 4.77. The van der Waals surface area contributed by atoms with Crippen molar-refractivity contribution in [2.45, 2.75) is 32.4 Å². The van der Waals surface area contributed by atoms with Gasteiger partial charge in [-0.2, -0.15) is 0 Å². The van der Waals surface area contributed by atoms with E-state index in [9.17, 15) is 4.55 Å². The van der Waals surface area contributed by atoms with Crippen LogP contribution in [0.5, 0.6) is 5.75 Å². The van der Waals surface area contributed by atoms with Gasteiger partial charge in [-0.25, -0.2) is 0 Å². The van der Waals surface area contributed by atoms with E-state index in [0.29, 0.717) is 0 Å². The van der Waals surface area contributed by atoms with Crippen molar-refractivity contribution < 1.29 is 9.29 Å². The minimum absolute atomic E-state index is 0.326. The first-order valence-electron chi connectivity index (χ1n) is 5.46. The summed E-state index contributed by atoms with van der Waals surface area (Å²) in [7, 11) is 1.63. The Labute approximate surface area is 106 Å². The second-order valence-corrected chi connectivity index (χ2v) is 6.67. The highest BCUT2D eigenvalue weighted by atomic mass is 32.2. The molecule has 0 bridgehead atoms. The Hall–Kier alpha value is -1.00. The third-order valence-corrected chi connectivity index (χ3v) is 3.74. The predicted octanol–water partition coefficient (Wildman–Crippen LogP) is 2.97. The van der Waals surface area contributed by atoms with Crippen molar-refractivity contribution in [3.8, 4) is 5.75 Å². The van der Waals surface area contributed by atoms with E-state index in [-0.39, 0.29) is 4.75 Å². The summed E-state index contributed by atoms with van der Waals surface area (Å²) in [5, 5.41) is 0. The van der Waals surface area contributed by atoms with Crippen molar-refractivity contribution in [2.75, 3.05) is 7.11 Å². The van der Waals surface area contributed by atoms with Gasteiger partial charge in [0.25, 0.3) is 0 Å². The maximum absolute atomic E-state index is 11.9. The lowest BCUT2D eigenvalue weighted by atomic mass is 10.1. The van der Waals surface area contributed by atoms with E-state index in [1.165, 1.54) is 0 Å². The molecule has 17 heavy (non-hydrogen) atoms. The lowest BCUT2D eigenvalue weighted by Crippen LogP contribution is -2.26. The van der Waals surface area contributed by atoms with Gasteiger partial charge in [0.15, 0.2) is 0 Å². The first kappa shape index (κ1) is 14.1. The number of rotatable bonds is 3. The summed E-state index contributed by atoms with van der Waals surface area (Å²) in [6.45, 7) is 7.60. The molecule has 0 unspecified atom stereocenters. The number of hydrogen-bond acceptors (Lipinski definition) is 3. The van der Waals surface area contributed by atoms with Crippen LogP contribution in [0.3, 0.4) is 0 Å². The number of benzene rings is 1. The number of nitrogens with zero attached hydrogens (tertiary/aromatic N) is 1. The Morgan fingerprint density at radius 2 is 1.76 bits per heavy atom. The maximum atomic E-state index is 11.9. The zero-order valence-corrected chi connectivity index (χ0v) is 11.8. The summed E-state index contributed by atoms with van der Waals surface area (Å²) in [5.74, 6) is 0.804. The Bertz CT molecular complexity index is 393. The van der Waals surface area contributed by atoms with Crippen LogP contribution in [0, 0.1) is 0 Å². The molecule has 1 aromatic rings. The van der Waals surface area contributed by atoms with Crippen LogP contribution in [0.1, 0.15) is 33.3 Å². The van der Waals surface area contributed by atoms with Gasteiger partial charge in [0.1, 0.15) is 21.9 Å². The normalized spacial score (nSPS) is 14.6. The van der Waals surface area contributed by atoms with Crippen LogP contribution < -0.4 is 4.74 Å². The third-order valence-electron chi connectivity index (χ3n) is 2.25. The largest absolute Gasteiger partial charge is 0.591 e. The van der Waals surface area contributed by atoms with Gasteiger partial charge in [0, 0.05) is 5.56 Å². The smallest absolute Gasteiger partial charge is 0.144 e. The van der Waals surface area contributed by atoms with Gasteiger partial charge in [-0.3, -0.25) is 0 Å². The maximum Gasteiger partial charge on any atom is 0.144 e. The molecule has 1 aromatic carbocycles. The minimum Gasteiger partial charge on any atom is -0.591 e. The van der Waals surface area contributed by atoms with E-state index in [0.717, 1.165) is 17.0 Å². The molecule has 1 atom stereocenters. The molecule has 0 saturated heterocycles. The summed E-state index contributed by atoms with van der Waals surface area (Å²) in [6, 6.07) is 7.57. The highest BCUT2D eigenvalue weighted by Crippen LogP contribution is 2.19. The van der Waals surface area contributed by atoms with Crippen molar-refractivity contribution in [3.05, 3.63) is 29.8 Å². The SMILES string of the molecule is COc1ccc(/C(C)=N/[S@@+]([O-])C(C)(C)C)cc1. The van der Waals surface area contributed by atoms with Crippen molar-refractivity contribution in [1.29, 1.82) is 0 Å². The fourth-order valence-electron chi connectivity index (χ4n) is 1.15. The fourth-order valence-corrected chi connectivity index (χ4v) is 1.77. The average molecular weight is 253 g/mol. The predicted molar refractivity (Wildman–Crippen MR) is 73.1 cm³/mol. The summed E-state index contributed by atoms with van der Waals surface area (Å²) in [5.41, 5.74) is 1.74. The van der Waals surface area contributed by atoms with E-state index in [1.54, 1.807) is 7.11 Å². The molecule has 0 aliphatic carbocycles. The highest BCUT2D eigenvalue weighted by molar-refractivity contribution is 7.91. The molecule has 0 radical (unpaired) electrons. The molecule has 0 aliphatic heterocycles. The molecule has 0 fully saturated rings. The van der Waals surface area contributed by atoms with Crippen molar-refractivity contribution >= 4 is 17.1 Å². The Balaban J connectivity index is 2.88. The lowest BCUT2D eigenvalue weighted by Gasteiger charge is -2.18. The van der Waals surface area contributed by atoms with Crippen LogP contribution >= 0.6 is 0 Å². The minimum atomic E-state index is -1.22. The first-order chi connectivity index (χ1) is 7.84. The van der Waals surface area contributed by atoms with E-state index in [1.807, 2.05) is 52.0 Å². The third kappa shape index (κ3) is 4.06. The van der Waals surface area contributed by atoms with Crippen LogP contribution in [-0.2, 0) is 11.4 Å². The molecule has 0 amide bonds. The van der Waals surface area contributed by atoms with Gasteiger partial charge in [-0.1, -0.05) is 4.40 Å². The number of ether oxygens (including phenoxy) is 1. The standard InChI is InChI=1S/C13H19NO2S/c1-10(14-17(15)13(2,3)4)11-6-8-12(16-5)9-7-11/h6-9H,1-5H3/b14-10+/t17-/m0/s1. The molecule has 0 spiro atoms. The average Bonchev–Trinajstić information content (AvgIpc) is 2.27. The highest BCUT2D eigenvalue weighted by Gasteiger charge is 2.26. The molecule has 0 aromatic heterocycles. The molecule has 94 valence electrons. The zero-order valence-electron chi connectivity index (χ0n) is 11.0. The van der Waals surface area contributed by atoms with E-state index < -0.39 is 11.4 Å². The van der Waals surface area contributed by atoms with Crippen molar-refractivity contribution in [1.82, 2.24) is 0 Å². The Kier molecular flexibility index (Phi) is 4.60. The summed E-state index contributed by atoms with van der Waals surface area (Å²) in [6.07, 6.45) is 0. The van der Waals surface area contributed by atoms with Crippen molar-refractivity contribution in [2.24, 2.45) is 4.40 Å². The quantitative estimate of drug-likeness (QED) is 0.614. The molecule has 0 N–H and O–H groups in total. The summed E-state index contributed by atoms with van der Waals surface area (Å²) >= 11 is -1.22. The van der Waals surface area contributed by atoms with E-state index >= 15 is 0 Å². The number of methoxy groups -OCH3 is 1. The van der Waals surface area contributed by atoms with Gasteiger partial charge >= 0.3 is 0 Å². The van der Waals surface area contributed by atoms with Crippen LogP contribution in [0.2, 0.25) is 0 Å². The fraction of sp³-hybridized carbons (Fsp3) is 0.462. The van der Waals surface area contributed by atoms with Crippen molar-refractivity contribution in [3.63, 3.8) is 0 Å². The molecule has 0 aliphatic rings. The van der Waals surface area contributed by atoms with Crippen LogP contribution in [-0.4, -0.2) is 22.1 Å². The molecule has 0 saturated carbocycles. The van der Waals surface area contributed by atoms with E-state index in [4.69, 9.17) is 4.74 Å². The summed E-state index contributed by atoms with van der Waals surface area (Å²) < 4.78 is 20.9. The topological polar surface area (TPSA) is 44.6 Å². The molecule has 3 nitrogen and oxygen atoms in total. The molecular weight excluding hydrogens is 234 g/mol. The molecule has 0 heterocycles. The number of hydrogen-bond donors (Lipinski definition) is 0. The Morgan fingerprint density at radius 3 is 2.18 bits per heavy atom. The van der Waals surface area contributed by atoms with Gasteiger partial charge in [0.05, 0.1) is 12.8 Å². The molecular formula is C13H19NO2S. The van der Waals surface area contributed by atoms with Gasteiger partial charge in [-0.05, 0) is 52.0 Å². The van der Waals surface area contributed by atoms with Crippen LogP contribution in [0.15, 0.2) is 28.7 Å². The van der Waals surface area contributed by atoms with Gasteiger partial charge < -0.3 is 9.29 Å². The molecule has 4 heteroatoms. The zero-order chi connectivity index (χ0) is 13.1. The monoisotopic (exact) mass is 253 g/mol. The first-order valence-corrected chi connectivity index (χ1v) is 6.57. The Morgan fingerprint density at radius 1 is 1.24 bits per heavy atom. The molecule has 1 rings (SSSR count). The second kappa shape index (κ2) is 5.56. The van der Waals surface area contributed by atoms with Crippen LogP contribution in [0.25, 0.3) is 0 Å². The van der Waals surface area contributed by atoms with E-state index in [2.05, 4.69) is 4.40 Å².